The number of ether oxygens (including phenoxy) is 1. The van der Waals surface area contributed by atoms with Crippen LogP contribution >= 0.6 is 0 Å². The van der Waals surface area contributed by atoms with Crippen LogP contribution in [0.4, 0.5) is 0 Å². The third-order valence-electron chi connectivity index (χ3n) is 2.51. The molecule has 0 radical (unpaired) electrons. The van der Waals surface area contributed by atoms with E-state index in [1.165, 1.54) is 0 Å². The van der Waals surface area contributed by atoms with Crippen LogP contribution < -0.4 is 5.32 Å². The Kier molecular flexibility index (Phi) is 3.31. The maximum atomic E-state index is 11.3. The first kappa shape index (κ1) is 10.5. The van der Waals surface area contributed by atoms with Gasteiger partial charge in [-0.05, 0) is 25.2 Å². The van der Waals surface area contributed by atoms with Gasteiger partial charge >= 0.3 is 5.97 Å². The zero-order valence-corrected chi connectivity index (χ0v) is 8.72. The van der Waals surface area contributed by atoms with Crippen molar-refractivity contribution >= 4 is 5.97 Å². The Morgan fingerprint density at radius 2 is 2.31 bits per heavy atom. The summed E-state index contributed by atoms with van der Waals surface area (Å²) in [6.45, 7) is 7.63. The van der Waals surface area contributed by atoms with Gasteiger partial charge in [-0.25, -0.2) is 0 Å². The van der Waals surface area contributed by atoms with Gasteiger partial charge in [0.1, 0.15) is 6.04 Å². The fourth-order valence-corrected chi connectivity index (χ4v) is 1.57. The number of esters is 1. The minimum atomic E-state index is -0.0991. The minimum Gasteiger partial charge on any atom is -0.465 e. The van der Waals surface area contributed by atoms with Crippen molar-refractivity contribution in [1.82, 2.24) is 5.32 Å². The van der Waals surface area contributed by atoms with Crippen LogP contribution in [0.1, 0.15) is 33.6 Å². The third-order valence-corrected chi connectivity index (χ3v) is 2.51. The van der Waals surface area contributed by atoms with Crippen LogP contribution in [0.5, 0.6) is 0 Å². The number of rotatable bonds is 2. The molecule has 1 rings (SSSR count). The van der Waals surface area contributed by atoms with Crippen molar-refractivity contribution in [3.63, 3.8) is 0 Å². The van der Waals surface area contributed by atoms with Crippen LogP contribution in [0, 0.1) is 5.41 Å². The quantitative estimate of drug-likeness (QED) is 0.659. The van der Waals surface area contributed by atoms with E-state index in [0.717, 1.165) is 19.4 Å². The van der Waals surface area contributed by atoms with Gasteiger partial charge in [0.2, 0.25) is 0 Å². The molecule has 1 aliphatic rings. The molecule has 1 atom stereocenters. The highest BCUT2D eigenvalue weighted by Gasteiger charge is 2.30. The summed E-state index contributed by atoms with van der Waals surface area (Å²) in [5.74, 6) is -0.0991. The van der Waals surface area contributed by atoms with E-state index >= 15 is 0 Å². The summed E-state index contributed by atoms with van der Waals surface area (Å²) in [6.07, 6.45) is 1.98. The lowest BCUT2D eigenvalue weighted by Gasteiger charge is -2.34. The van der Waals surface area contributed by atoms with Gasteiger partial charge in [0, 0.05) is 6.54 Å². The van der Waals surface area contributed by atoms with E-state index < -0.39 is 0 Å². The van der Waals surface area contributed by atoms with E-state index in [1.807, 2.05) is 6.92 Å². The smallest absolute Gasteiger partial charge is 0.323 e. The molecule has 0 amide bonds. The Hall–Kier alpha value is -0.570. The highest BCUT2D eigenvalue weighted by molar-refractivity contribution is 5.75. The Bertz CT molecular complexity index is 179. The minimum absolute atomic E-state index is 0.0759. The van der Waals surface area contributed by atoms with Crippen LogP contribution in [0.25, 0.3) is 0 Å². The molecule has 3 nitrogen and oxygen atoms in total. The molecular formula is C10H19NO2. The number of hydrogen-bond donors (Lipinski definition) is 1. The summed E-state index contributed by atoms with van der Waals surface area (Å²) in [7, 11) is 0. The molecule has 0 aromatic carbocycles. The summed E-state index contributed by atoms with van der Waals surface area (Å²) >= 11 is 0. The first-order chi connectivity index (χ1) is 6.05. The van der Waals surface area contributed by atoms with Crippen molar-refractivity contribution in [2.24, 2.45) is 5.41 Å². The first-order valence-corrected chi connectivity index (χ1v) is 4.95. The second-order valence-corrected chi connectivity index (χ2v) is 4.39. The fraction of sp³-hybridized carbons (Fsp3) is 0.900. The molecule has 0 spiro atoms. The summed E-state index contributed by atoms with van der Waals surface area (Å²) in [6, 6.07) is -0.0759. The Labute approximate surface area is 79.8 Å². The molecule has 1 N–H and O–H groups in total. The fourth-order valence-electron chi connectivity index (χ4n) is 1.57. The van der Waals surface area contributed by atoms with E-state index in [4.69, 9.17) is 4.74 Å². The van der Waals surface area contributed by atoms with Gasteiger partial charge in [-0.1, -0.05) is 13.8 Å². The number of hydrogen-bond acceptors (Lipinski definition) is 3. The molecule has 3 heteroatoms. The monoisotopic (exact) mass is 185 g/mol. The van der Waals surface area contributed by atoms with Crippen molar-refractivity contribution < 1.29 is 9.53 Å². The number of carbonyl (C=O) groups is 1. The predicted molar refractivity (Wildman–Crippen MR) is 51.4 cm³/mol. The van der Waals surface area contributed by atoms with E-state index in [0.29, 0.717) is 12.0 Å². The Balaban J connectivity index is 2.36. The van der Waals surface area contributed by atoms with Gasteiger partial charge in [-0.2, -0.15) is 0 Å². The summed E-state index contributed by atoms with van der Waals surface area (Å²) in [5, 5.41) is 3.22. The lowest BCUT2D eigenvalue weighted by molar-refractivity contribution is -0.146. The first-order valence-electron chi connectivity index (χ1n) is 4.95. The summed E-state index contributed by atoms with van der Waals surface area (Å²) in [4.78, 5) is 11.3. The van der Waals surface area contributed by atoms with Crippen molar-refractivity contribution in [2.75, 3.05) is 13.2 Å². The van der Waals surface area contributed by atoms with Gasteiger partial charge in [-0.3, -0.25) is 4.79 Å². The van der Waals surface area contributed by atoms with Crippen LogP contribution in [0.15, 0.2) is 0 Å². The molecule has 0 aromatic heterocycles. The Morgan fingerprint density at radius 1 is 1.62 bits per heavy atom. The molecule has 0 saturated carbocycles. The summed E-state index contributed by atoms with van der Waals surface area (Å²) in [5.41, 5.74) is 0.322. The maximum Gasteiger partial charge on any atom is 0.323 e. The van der Waals surface area contributed by atoms with Crippen molar-refractivity contribution in [2.45, 2.75) is 39.7 Å². The highest BCUT2D eigenvalue weighted by atomic mass is 16.5. The van der Waals surface area contributed by atoms with Gasteiger partial charge in [0.05, 0.1) is 6.61 Å². The molecule has 1 saturated heterocycles. The van der Waals surface area contributed by atoms with Gasteiger partial charge in [0.15, 0.2) is 0 Å². The summed E-state index contributed by atoms with van der Waals surface area (Å²) < 4.78 is 4.95. The normalized spacial score (nSPS) is 26.8. The van der Waals surface area contributed by atoms with Gasteiger partial charge < -0.3 is 10.1 Å². The SMILES string of the molecule is CCOC(=O)C1CCC(C)(C)CN1. The number of nitrogens with one attached hydrogen (secondary N) is 1. The molecule has 13 heavy (non-hydrogen) atoms. The van der Waals surface area contributed by atoms with E-state index in [9.17, 15) is 4.79 Å². The average molecular weight is 185 g/mol. The molecular weight excluding hydrogens is 166 g/mol. The zero-order valence-electron chi connectivity index (χ0n) is 8.72. The van der Waals surface area contributed by atoms with Gasteiger partial charge in [0.25, 0.3) is 0 Å². The standard InChI is InChI=1S/C10H19NO2/c1-4-13-9(12)8-5-6-10(2,3)7-11-8/h8,11H,4-7H2,1-3H3. The molecule has 0 aromatic rings. The number of carbonyl (C=O) groups excluding carboxylic acids is 1. The lowest BCUT2D eigenvalue weighted by Crippen LogP contribution is -2.47. The lowest BCUT2D eigenvalue weighted by atomic mass is 9.82. The molecule has 0 bridgehead atoms. The zero-order chi connectivity index (χ0) is 9.90. The average Bonchev–Trinajstić information content (AvgIpc) is 2.04. The van der Waals surface area contributed by atoms with Crippen LogP contribution in [0.2, 0.25) is 0 Å². The Morgan fingerprint density at radius 3 is 2.77 bits per heavy atom. The van der Waals surface area contributed by atoms with Gasteiger partial charge in [-0.15, -0.1) is 0 Å². The van der Waals surface area contributed by atoms with Crippen LogP contribution in [-0.4, -0.2) is 25.2 Å². The third kappa shape index (κ3) is 2.99. The second-order valence-electron chi connectivity index (χ2n) is 4.39. The maximum absolute atomic E-state index is 11.3. The molecule has 0 aliphatic carbocycles. The van der Waals surface area contributed by atoms with Crippen molar-refractivity contribution in [3.05, 3.63) is 0 Å². The van der Waals surface area contributed by atoms with E-state index in [-0.39, 0.29) is 12.0 Å². The topological polar surface area (TPSA) is 38.3 Å². The molecule has 1 heterocycles. The molecule has 1 unspecified atom stereocenters. The van der Waals surface area contributed by atoms with E-state index in [2.05, 4.69) is 19.2 Å². The molecule has 1 fully saturated rings. The number of piperidine rings is 1. The largest absolute Gasteiger partial charge is 0.465 e. The van der Waals surface area contributed by atoms with Crippen molar-refractivity contribution in [1.29, 1.82) is 0 Å². The highest BCUT2D eigenvalue weighted by Crippen LogP contribution is 2.26. The van der Waals surface area contributed by atoms with Crippen LogP contribution in [0.3, 0.4) is 0 Å². The van der Waals surface area contributed by atoms with Crippen molar-refractivity contribution in [3.8, 4) is 0 Å². The predicted octanol–water partition coefficient (Wildman–Crippen LogP) is 1.33. The second kappa shape index (κ2) is 4.09. The van der Waals surface area contributed by atoms with Crippen LogP contribution in [-0.2, 0) is 9.53 Å². The molecule has 1 aliphatic heterocycles. The van der Waals surface area contributed by atoms with E-state index in [1.54, 1.807) is 0 Å². The molecule has 76 valence electrons.